The highest BCUT2D eigenvalue weighted by atomic mass is 32.1. The fourth-order valence-electron chi connectivity index (χ4n) is 2.62. The van der Waals surface area contributed by atoms with Crippen LogP contribution in [-0.2, 0) is 6.54 Å². The van der Waals surface area contributed by atoms with Crippen LogP contribution < -0.4 is 5.73 Å². The Labute approximate surface area is 131 Å². The fraction of sp³-hybridized carbons (Fsp3) is 0.471. The van der Waals surface area contributed by atoms with Gasteiger partial charge in [-0.15, -0.1) is 11.3 Å². The molecule has 2 N–H and O–H groups in total. The average molecular weight is 303 g/mol. The number of thiazole rings is 1. The second kappa shape index (κ2) is 7.69. The van der Waals surface area contributed by atoms with Gasteiger partial charge in [-0.2, -0.15) is 0 Å². The molecule has 0 saturated heterocycles. The minimum absolute atomic E-state index is 0.378. The van der Waals surface area contributed by atoms with Crippen molar-refractivity contribution in [1.29, 1.82) is 0 Å². The number of hydrogen-bond donors (Lipinski definition) is 1. The van der Waals surface area contributed by atoms with Crippen molar-refractivity contribution in [3.63, 3.8) is 0 Å². The molecule has 3 nitrogen and oxygen atoms in total. The van der Waals surface area contributed by atoms with Gasteiger partial charge in [0.25, 0.3) is 0 Å². The predicted octanol–water partition coefficient (Wildman–Crippen LogP) is 3.67. The zero-order chi connectivity index (χ0) is 15.2. The molecular weight excluding hydrogens is 278 g/mol. The molecule has 0 aliphatic heterocycles. The normalized spacial score (nSPS) is 12.8. The number of rotatable bonds is 7. The lowest BCUT2D eigenvalue weighted by Crippen LogP contribution is -2.29. The molecule has 1 aromatic heterocycles. The van der Waals surface area contributed by atoms with Crippen molar-refractivity contribution in [2.45, 2.75) is 39.8 Å². The minimum Gasteiger partial charge on any atom is -0.330 e. The first-order chi connectivity index (χ1) is 10.1. The summed E-state index contributed by atoms with van der Waals surface area (Å²) < 4.78 is 0. The molecule has 0 radical (unpaired) electrons. The summed E-state index contributed by atoms with van der Waals surface area (Å²) >= 11 is 1.81. The van der Waals surface area contributed by atoms with Crippen LogP contribution in [0.3, 0.4) is 0 Å². The van der Waals surface area contributed by atoms with Crippen LogP contribution in [-0.4, -0.2) is 23.0 Å². The molecule has 1 unspecified atom stereocenters. The van der Waals surface area contributed by atoms with Crippen LogP contribution in [0.15, 0.2) is 30.3 Å². The van der Waals surface area contributed by atoms with Crippen molar-refractivity contribution in [2.24, 2.45) is 5.73 Å². The van der Waals surface area contributed by atoms with Gasteiger partial charge in [-0.1, -0.05) is 30.3 Å². The zero-order valence-electron chi connectivity index (χ0n) is 13.2. The number of aryl methyl sites for hydroxylation is 2. The topological polar surface area (TPSA) is 42.2 Å². The molecule has 0 aliphatic rings. The van der Waals surface area contributed by atoms with Gasteiger partial charge in [0, 0.05) is 24.0 Å². The minimum atomic E-state index is 0.378. The molecule has 2 aromatic rings. The van der Waals surface area contributed by atoms with Gasteiger partial charge in [-0.3, -0.25) is 4.90 Å². The van der Waals surface area contributed by atoms with Crippen LogP contribution in [0, 0.1) is 13.8 Å². The van der Waals surface area contributed by atoms with Crippen LogP contribution in [0.2, 0.25) is 0 Å². The van der Waals surface area contributed by atoms with E-state index in [0.717, 1.165) is 36.8 Å². The van der Waals surface area contributed by atoms with E-state index in [4.69, 9.17) is 5.73 Å². The average Bonchev–Trinajstić information content (AvgIpc) is 2.82. The highest BCUT2D eigenvalue weighted by Gasteiger charge is 2.20. The van der Waals surface area contributed by atoms with Gasteiger partial charge >= 0.3 is 0 Å². The maximum atomic E-state index is 5.71. The van der Waals surface area contributed by atoms with Crippen LogP contribution in [0.1, 0.15) is 40.5 Å². The van der Waals surface area contributed by atoms with Crippen molar-refractivity contribution >= 4 is 11.3 Å². The van der Waals surface area contributed by atoms with Gasteiger partial charge < -0.3 is 5.73 Å². The first-order valence-electron chi connectivity index (χ1n) is 7.53. The van der Waals surface area contributed by atoms with Gasteiger partial charge in [0.05, 0.1) is 10.7 Å². The van der Waals surface area contributed by atoms with Gasteiger partial charge in [0.1, 0.15) is 0 Å². The predicted molar refractivity (Wildman–Crippen MR) is 90.5 cm³/mol. The number of nitrogens with two attached hydrogens (primary N) is 1. The number of nitrogens with zero attached hydrogens (tertiary/aromatic N) is 2. The van der Waals surface area contributed by atoms with E-state index in [-0.39, 0.29) is 0 Å². The van der Waals surface area contributed by atoms with Crippen LogP contribution in [0.5, 0.6) is 0 Å². The van der Waals surface area contributed by atoms with Gasteiger partial charge in [0.2, 0.25) is 0 Å². The molecular formula is C17H25N3S. The number of benzene rings is 1. The highest BCUT2D eigenvalue weighted by Crippen LogP contribution is 2.30. The van der Waals surface area contributed by atoms with Crippen molar-refractivity contribution in [3.05, 3.63) is 51.5 Å². The van der Waals surface area contributed by atoms with Gasteiger partial charge in [-0.05, 0) is 39.3 Å². The maximum absolute atomic E-state index is 5.71. The Bertz CT molecular complexity index is 550. The Morgan fingerprint density at radius 1 is 1.24 bits per heavy atom. The molecule has 21 heavy (non-hydrogen) atoms. The quantitative estimate of drug-likeness (QED) is 0.848. The number of aromatic nitrogens is 1. The van der Waals surface area contributed by atoms with Gasteiger partial charge in [0.15, 0.2) is 0 Å². The molecule has 0 saturated carbocycles. The summed E-state index contributed by atoms with van der Waals surface area (Å²) in [7, 11) is 0. The molecule has 2 rings (SSSR count). The van der Waals surface area contributed by atoms with Crippen molar-refractivity contribution in [3.8, 4) is 0 Å². The molecule has 114 valence electrons. The third-order valence-corrected chi connectivity index (χ3v) is 4.99. The monoisotopic (exact) mass is 303 g/mol. The highest BCUT2D eigenvalue weighted by molar-refractivity contribution is 7.11. The molecule has 1 aromatic carbocycles. The van der Waals surface area contributed by atoms with Crippen LogP contribution in [0.25, 0.3) is 0 Å². The van der Waals surface area contributed by atoms with E-state index >= 15 is 0 Å². The third kappa shape index (κ3) is 4.37. The zero-order valence-corrected chi connectivity index (χ0v) is 14.0. The molecule has 0 aliphatic carbocycles. The lowest BCUT2D eigenvalue weighted by atomic mass is 10.1. The van der Waals surface area contributed by atoms with E-state index in [9.17, 15) is 0 Å². The van der Waals surface area contributed by atoms with Gasteiger partial charge in [-0.25, -0.2) is 4.98 Å². The molecule has 4 heteroatoms. The van der Waals surface area contributed by atoms with E-state index in [1.165, 1.54) is 10.4 Å². The second-order valence-corrected chi connectivity index (χ2v) is 6.69. The summed E-state index contributed by atoms with van der Waals surface area (Å²) in [5, 5.41) is 1.15. The summed E-state index contributed by atoms with van der Waals surface area (Å²) in [6.45, 7) is 9.17. The van der Waals surface area contributed by atoms with Crippen molar-refractivity contribution in [1.82, 2.24) is 9.88 Å². The fourth-order valence-corrected chi connectivity index (χ4v) is 3.64. The SMILES string of the molecule is Cc1nc(C)c(C(C)N(CCCN)Cc2ccccc2)s1. The lowest BCUT2D eigenvalue weighted by molar-refractivity contribution is 0.202. The molecule has 0 spiro atoms. The molecule has 0 bridgehead atoms. The summed E-state index contributed by atoms with van der Waals surface area (Å²) in [6.07, 6.45) is 1.02. The first kappa shape index (κ1) is 16.1. The van der Waals surface area contributed by atoms with Crippen LogP contribution in [0.4, 0.5) is 0 Å². The largest absolute Gasteiger partial charge is 0.330 e. The van der Waals surface area contributed by atoms with E-state index in [2.05, 4.69) is 61.0 Å². The summed E-state index contributed by atoms with van der Waals surface area (Å²) in [5.74, 6) is 0. The maximum Gasteiger partial charge on any atom is 0.0900 e. The number of hydrogen-bond acceptors (Lipinski definition) is 4. The Morgan fingerprint density at radius 2 is 1.95 bits per heavy atom. The van der Waals surface area contributed by atoms with E-state index in [1.807, 2.05) is 11.3 Å². The van der Waals surface area contributed by atoms with E-state index in [0.29, 0.717) is 6.04 Å². The molecule has 1 heterocycles. The van der Waals surface area contributed by atoms with Crippen LogP contribution >= 0.6 is 11.3 Å². The first-order valence-corrected chi connectivity index (χ1v) is 8.35. The van der Waals surface area contributed by atoms with Crippen molar-refractivity contribution < 1.29 is 0 Å². The summed E-state index contributed by atoms with van der Waals surface area (Å²) in [5.41, 5.74) is 8.22. The Balaban J connectivity index is 2.16. The van der Waals surface area contributed by atoms with Crippen molar-refractivity contribution in [2.75, 3.05) is 13.1 Å². The molecule has 0 fully saturated rings. The standard InChI is InChI=1S/C17H25N3S/c1-13-17(21-15(3)19-13)14(2)20(11-7-10-18)12-16-8-5-4-6-9-16/h4-6,8-9,14H,7,10-12,18H2,1-3H3. The second-order valence-electron chi connectivity index (χ2n) is 5.46. The Kier molecular flexibility index (Phi) is 5.91. The van der Waals surface area contributed by atoms with E-state index < -0.39 is 0 Å². The summed E-state index contributed by atoms with van der Waals surface area (Å²) in [4.78, 5) is 8.45. The lowest BCUT2D eigenvalue weighted by Gasteiger charge is -2.28. The van der Waals surface area contributed by atoms with E-state index in [1.54, 1.807) is 0 Å². The summed E-state index contributed by atoms with van der Waals surface area (Å²) in [6, 6.07) is 11.0. The molecule has 1 atom stereocenters. The Hall–Kier alpha value is -1.23. The Morgan fingerprint density at radius 3 is 2.52 bits per heavy atom. The molecule has 0 amide bonds. The smallest absolute Gasteiger partial charge is 0.0900 e. The third-order valence-electron chi connectivity index (χ3n) is 3.74.